The van der Waals surface area contributed by atoms with Crippen molar-refractivity contribution < 1.29 is 18.3 Å². The molecular formula is C21H18F2N6O2. The zero-order chi connectivity index (χ0) is 21.0. The summed E-state index contributed by atoms with van der Waals surface area (Å²) in [5.41, 5.74) is 3.25. The highest BCUT2D eigenvalue weighted by Gasteiger charge is 2.44. The number of para-hydroxylation sites is 1. The molecule has 0 spiro atoms. The second kappa shape index (κ2) is 6.74. The molecule has 0 aliphatic carbocycles. The number of aromatic amines is 1. The molecule has 1 saturated heterocycles. The number of hydrogen-bond acceptors (Lipinski definition) is 6. The fourth-order valence-electron chi connectivity index (χ4n) is 4.19. The van der Waals surface area contributed by atoms with Crippen molar-refractivity contribution >= 4 is 11.0 Å². The number of hydrogen-bond donors (Lipinski definition) is 2. The van der Waals surface area contributed by atoms with E-state index in [0.717, 1.165) is 37.1 Å². The monoisotopic (exact) mass is 424 g/mol. The van der Waals surface area contributed by atoms with Crippen LogP contribution in [0, 0.1) is 0 Å². The molecule has 2 N–H and O–H groups in total. The molecule has 8 nitrogen and oxygen atoms in total. The predicted molar refractivity (Wildman–Crippen MR) is 108 cm³/mol. The van der Waals surface area contributed by atoms with E-state index in [1.807, 2.05) is 23.1 Å². The molecule has 5 heterocycles. The Kier molecular flexibility index (Phi) is 3.97. The van der Waals surface area contributed by atoms with Gasteiger partial charge in [-0.1, -0.05) is 6.07 Å². The van der Waals surface area contributed by atoms with Crippen LogP contribution in [0.1, 0.15) is 18.9 Å². The summed E-state index contributed by atoms with van der Waals surface area (Å²) in [6, 6.07) is 7.06. The topological polar surface area (TPSA) is 89.9 Å². The molecule has 3 aromatic heterocycles. The summed E-state index contributed by atoms with van der Waals surface area (Å²) in [5.74, 6) is -0.0419. The Morgan fingerprint density at radius 2 is 1.97 bits per heavy atom. The maximum Gasteiger partial charge on any atom is 0.586 e. The average Bonchev–Trinajstić information content (AvgIpc) is 3.49. The minimum absolute atomic E-state index is 0.0161. The molecule has 1 fully saturated rings. The Balaban J connectivity index is 1.40. The zero-order valence-corrected chi connectivity index (χ0v) is 16.3. The van der Waals surface area contributed by atoms with E-state index in [2.05, 4.69) is 30.3 Å². The van der Waals surface area contributed by atoms with E-state index >= 15 is 0 Å². The van der Waals surface area contributed by atoms with Gasteiger partial charge in [0, 0.05) is 34.5 Å². The molecular weight excluding hydrogens is 406 g/mol. The first-order valence-electron chi connectivity index (χ1n) is 10.1. The average molecular weight is 424 g/mol. The zero-order valence-electron chi connectivity index (χ0n) is 16.3. The van der Waals surface area contributed by atoms with Crippen LogP contribution in [0.3, 0.4) is 0 Å². The van der Waals surface area contributed by atoms with Crippen LogP contribution in [0.5, 0.6) is 11.5 Å². The highest BCUT2D eigenvalue weighted by molar-refractivity contribution is 5.95. The van der Waals surface area contributed by atoms with Crippen LogP contribution < -0.4 is 14.8 Å². The maximum atomic E-state index is 13.6. The summed E-state index contributed by atoms with van der Waals surface area (Å²) in [6.07, 6.45) is 3.96. The molecule has 31 heavy (non-hydrogen) atoms. The quantitative estimate of drug-likeness (QED) is 0.521. The summed E-state index contributed by atoms with van der Waals surface area (Å²) in [5, 5.41) is 15.7. The van der Waals surface area contributed by atoms with E-state index in [1.165, 1.54) is 6.07 Å². The van der Waals surface area contributed by atoms with Gasteiger partial charge in [-0.3, -0.25) is 9.78 Å². The number of nitrogens with zero attached hydrogens (tertiary/aromatic N) is 4. The molecule has 4 aromatic rings. The first kappa shape index (κ1) is 18.3. The van der Waals surface area contributed by atoms with Crippen LogP contribution in [0.2, 0.25) is 0 Å². The number of benzene rings is 1. The first-order chi connectivity index (χ1) is 15.1. The van der Waals surface area contributed by atoms with Gasteiger partial charge in [0.25, 0.3) is 0 Å². The van der Waals surface area contributed by atoms with Gasteiger partial charge in [-0.25, -0.2) is 4.98 Å². The number of H-pyrrole nitrogens is 1. The Morgan fingerprint density at radius 1 is 1.10 bits per heavy atom. The van der Waals surface area contributed by atoms with Crippen molar-refractivity contribution in [3.63, 3.8) is 0 Å². The molecule has 0 unspecified atom stereocenters. The Hall–Kier alpha value is -3.53. The Labute approximate surface area is 175 Å². The lowest BCUT2D eigenvalue weighted by Gasteiger charge is -2.22. The molecule has 158 valence electrons. The summed E-state index contributed by atoms with van der Waals surface area (Å²) < 4.78 is 38.6. The fourth-order valence-corrected chi connectivity index (χ4v) is 4.19. The molecule has 0 radical (unpaired) electrons. The van der Waals surface area contributed by atoms with Crippen molar-refractivity contribution in [1.82, 2.24) is 30.3 Å². The highest BCUT2D eigenvalue weighted by Crippen LogP contribution is 2.47. The third kappa shape index (κ3) is 3.10. The number of piperidine rings is 1. The van der Waals surface area contributed by atoms with Gasteiger partial charge in [0.2, 0.25) is 0 Å². The Bertz CT molecular complexity index is 1280. The molecule has 2 aliphatic rings. The Morgan fingerprint density at radius 3 is 2.84 bits per heavy atom. The van der Waals surface area contributed by atoms with Crippen molar-refractivity contribution in [2.24, 2.45) is 0 Å². The number of ether oxygens (including phenoxy) is 2. The summed E-state index contributed by atoms with van der Waals surface area (Å²) in [6.45, 7) is 1.97. The number of alkyl halides is 2. The van der Waals surface area contributed by atoms with Crippen molar-refractivity contribution in [2.75, 3.05) is 13.1 Å². The minimum Gasteiger partial charge on any atom is -0.395 e. The second-order valence-corrected chi connectivity index (χ2v) is 7.68. The van der Waals surface area contributed by atoms with Crippen molar-refractivity contribution in [3.05, 3.63) is 42.9 Å². The van der Waals surface area contributed by atoms with Gasteiger partial charge in [0.1, 0.15) is 0 Å². The van der Waals surface area contributed by atoms with Crippen molar-refractivity contribution in [3.8, 4) is 33.9 Å². The predicted octanol–water partition coefficient (Wildman–Crippen LogP) is 3.73. The van der Waals surface area contributed by atoms with Crippen LogP contribution in [0.25, 0.3) is 33.4 Å². The van der Waals surface area contributed by atoms with Crippen LogP contribution >= 0.6 is 0 Å². The van der Waals surface area contributed by atoms with Gasteiger partial charge in [-0.2, -0.15) is 10.2 Å². The standard InChI is InChI=1S/C21H18F2N6O2/c22-21(23)30-17-3-1-2-15(19(17)31-21)18-16-8-12(9-25-20(16)28-27-18)13-10-26-29(11-13)14-4-6-24-7-5-14/h1-3,8-11,14,24H,4-7H2,(H,25,27,28). The summed E-state index contributed by atoms with van der Waals surface area (Å²) >= 11 is 0. The molecule has 2 aliphatic heterocycles. The lowest BCUT2D eigenvalue weighted by molar-refractivity contribution is -0.286. The fraction of sp³-hybridized carbons (Fsp3) is 0.286. The van der Waals surface area contributed by atoms with Gasteiger partial charge >= 0.3 is 6.29 Å². The first-order valence-corrected chi connectivity index (χ1v) is 10.1. The number of pyridine rings is 1. The molecule has 10 heteroatoms. The molecule has 0 amide bonds. The summed E-state index contributed by atoms with van der Waals surface area (Å²) in [7, 11) is 0. The van der Waals surface area contributed by atoms with Gasteiger partial charge in [-0.15, -0.1) is 8.78 Å². The lowest BCUT2D eigenvalue weighted by atomic mass is 10.0. The van der Waals surface area contributed by atoms with Crippen molar-refractivity contribution in [2.45, 2.75) is 25.2 Å². The van der Waals surface area contributed by atoms with E-state index in [0.29, 0.717) is 28.3 Å². The van der Waals surface area contributed by atoms with E-state index in [-0.39, 0.29) is 11.5 Å². The van der Waals surface area contributed by atoms with E-state index in [1.54, 1.807) is 18.3 Å². The van der Waals surface area contributed by atoms with E-state index < -0.39 is 6.29 Å². The summed E-state index contributed by atoms with van der Waals surface area (Å²) in [4.78, 5) is 4.44. The SMILES string of the molecule is FC1(F)Oc2cccc(-c3[nH]nc4ncc(-c5cnn(C6CCNCC6)c5)cc34)c2O1. The van der Waals surface area contributed by atoms with Gasteiger partial charge in [0.15, 0.2) is 17.1 Å². The number of aromatic nitrogens is 5. The van der Waals surface area contributed by atoms with Crippen LogP contribution in [0.15, 0.2) is 42.9 Å². The highest BCUT2D eigenvalue weighted by atomic mass is 19.3. The van der Waals surface area contributed by atoms with Crippen LogP contribution in [0.4, 0.5) is 8.78 Å². The largest absolute Gasteiger partial charge is 0.586 e. The third-order valence-electron chi connectivity index (χ3n) is 5.73. The normalized spacial score (nSPS) is 18.0. The van der Waals surface area contributed by atoms with Gasteiger partial charge in [-0.05, 0) is 44.1 Å². The van der Waals surface area contributed by atoms with E-state index in [9.17, 15) is 8.78 Å². The van der Waals surface area contributed by atoms with Gasteiger partial charge in [0.05, 0.1) is 17.9 Å². The number of fused-ring (bicyclic) bond motifs is 2. The third-order valence-corrected chi connectivity index (χ3v) is 5.73. The maximum absolute atomic E-state index is 13.6. The number of rotatable bonds is 3. The van der Waals surface area contributed by atoms with Gasteiger partial charge < -0.3 is 14.8 Å². The van der Waals surface area contributed by atoms with E-state index in [4.69, 9.17) is 4.74 Å². The molecule has 1 aromatic carbocycles. The number of halogens is 2. The second-order valence-electron chi connectivity index (χ2n) is 7.68. The molecule has 6 rings (SSSR count). The number of nitrogens with one attached hydrogen (secondary N) is 2. The smallest absolute Gasteiger partial charge is 0.395 e. The van der Waals surface area contributed by atoms with Crippen molar-refractivity contribution in [1.29, 1.82) is 0 Å². The molecule has 0 saturated carbocycles. The lowest BCUT2D eigenvalue weighted by Crippen LogP contribution is -2.29. The van der Waals surface area contributed by atoms with Crippen LogP contribution in [-0.4, -0.2) is 44.3 Å². The van der Waals surface area contributed by atoms with Crippen LogP contribution in [-0.2, 0) is 0 Å². The molecule has 0 bridgehead atoms. The molecule has 0 atom stereocenters. The minimum atomic E-state index is -3.69.